The summed E-state index contributed by atoms with van der Waals surface area (Å²) in [4.78, 5) is 19.6. The SMILES string of the molecule is CN(CC#N)C(=O)c1c2c(nc3ccccc13)/C(=C\c1ccc3c(c1)OCO3)CC2. The number of allylic oxidation sites excluding steroid dienone is 1. The summed E-state index contributed by atoms with van der Waals surface area (Å²) >= 11 is 0. The largest absolute Gasteiger partial charge is 0.454 e. The molecule has 148 valence electrons. The maximum Gasteiger partial charge on any atom is 0.255 e. The molecule has 0 spiro atoms. The van der Waals surface area contributed by atoms with E-state index in [1.807, 2.05) is 42.5 Å². The molecular formula is C24H19N3O3. The molecule has 0 radical (unpaired) electrons. The van der Waals surface area contributed by atoms with Gasteiger partial charge in [-0.1, -0.05) is 24.3 Å². The number of ether oxygens (including phenoxy) is 2. The van der Waals surface area contributed by atoms with E-state index < -0.39 is 0 Å². The Morgan fingerprint density at radius 3 is 2.90 bits per heavy atom. The molecular weight excluding hydrogens is 378 g/mol. The van der Waals surface area contributed by atoms with Crippen LogP contribution in [0.4, 0.5) is 0 Å². The molecule has 0 bridgehead atoms. The number of aromatic nitrogens is 1. The van der Waals surface area contributed by atoms with Gasteiger partial charge in [0.2, 0.25) is 6.79 Å². The smallest absolute Gasteiger partial charge is 0.255 e. The number of nitrogens with zero attached hydrogens (tertiary/aromatic N) is 3. The second-order valence-electron chi connectivity index (χ2n) is 7.43. The van der Waals surface area contributed by atoms with Crippen molar-refractivity contribution >= 4 is 28.5 Å². The lowest BCUT2D eigenvalue weighted by molar-refractivity contribution is 0.0813. The molecule has 1 amide bonds. The summed E-state index contributed by atoms with van der Waals surface area (Å²) in [6.45, 7) is 0.289. The Hall–Kier alpha value is -3.85. The second kappa shape index (κ2) is 7.20. The van der Waals surface area contributed by atoms with Gasteiger partial charge in [0.1, 0.15) is 6.54 Å². The van der Waals surface area contributed by atoms with Crippen LogP contribution >= 0.6 is 0 Å². The van der Waals surface area contributed by atoms with E-state index in [1.165, 1.54) is 4.90 Å². The number of pyridine rings is 1. The number of rotatable bonds is 3. The maximum atomic E-state index is 13.2. The summed E-state index contributed by atoms with van der Waals surface area (Å²) in [5.74, 6) is 1.35. The minimum absolute atomic E-state index is 0.0458. The minimum Gasteiger partial charge on any atom is -0.454 e. The highest BCUT2D eigenvalue weighted by Gasteiger charge is 2.28. The zero-order valence-electron chi connectivity index (χ0n) is 16.5. The molecule has 0 saturated heterocycles. The van der Waals surface area contributed by atoms with Gasteiger partial charge in [-0.05, 0) is 53.8 Å². The second-order valence-corrected chi connectivity index (χ2v) is 7.43. The van der Waals surface area contributed by atoms with E-state index in [-0.39, 0.29) is 19.2 Å². The first-order valence-electron chi connectivity index (χ1n) is 9.80. The molecule has 2 heterocycles. The van der Waals surface area contributed by atoms with Gasteiger partial charge in [-0.25, -0.2) is 4.98 Å². The predicted octanol–water partition coefficient (Wildman–Crippen LogP) is 4.05. The molecule has 6 nitrogen and oxygen atoms in total. The van der Waals surface area contributed by atoms with E-state index in [4.69, 9.17) is 19.7 Å². The standard InChI is InChI=1S/C24H19N3O3/c1-27(11-10-25)24(28)22-17-4-2-3-5-19(17)26-23-16(7-8-18(22)23)12-15-6-9-20-21(13-15)30-14-29-20/h2-6,9,12-13H,7-8,11,14H2,1H3/b16-12-. The van der Waals surface area contributed by atoms with Crippen molar-refractivity contribution in [1.29, 1.82) is 5.26 Å². The molecule has 0 unspecified atom stereocenters. The lowest BCUT2D eigenvalue weighted by Gasteiger charge is -2.17. The van der Waals surface area contributed by atoms with Crippen molar-refractivity contribution in [2.45, 2.75) is 12.8 Å². The lowest BCUT2D eigenvalue weighted by Crippen LogP contribution is -2.28. The van der Waals surface area contributed by atoms with Gasteiger partial charge in [0, 0.05) is 12.4 Å². The zero-order valence-corrected chi connectivity index (χ0v) is 16.5. The number of carbonyl (C=O) groups is 1. The quantitative estimate of drug-likeness (QED) is 0.624. The highest BCUT2D eigenvalue weighted by Crippen LogP contribution is 2.39. The third-order valence-corrected chi connectivity index (χ3v) is 5.55. The van der Waals surface area contributed by atoms with Crippen LogP contribution in [0, 0.1) is 11.3 Å². The molecule has 2 aliphatic rings. The minimum atomic E-state index is -0.143. The Labute approximate surface area is 174 Å². The Kier molecular flexibility index (Phi) is 4.36. The molecule has 1 aliphatic carbocycles. The monoisotopic (exact) mass is 397 g/mol. The highest BCUT2D eigenvalue weighted by atomic mass is 16.7. The average molecular weight is 397 g/mol. The Bertz CT molecular complexity index is 1260. The molecule has 3 aromatic rings. The van der Waals surface area contributed by atoms with E-state index in [0.29, 0.717) is 5.56 Å². The highest BCUT2D eigenvalue weighted by molar-refractivity contribution is 6.09. The fraction of sp³-hybridized carbons (Fsp3) is 0.208. The van der Waals surface area contributed by atoms with E-state index in [2.05, 4.69) is 12.1 Å². The van der Waals surface area contributed by atoms with Crippen LogP contribution < -0.4 is 9.47 Å². The lowest BCUT2D eigenvalue weighted by atomic mass is 9.99. The van der Waals surface area contributed by atoms with Crippen LogP contribution in [0.15, 0.2) is 42.5 Å². The van der Waals surface area contributed by atoms with Crippen LogP contribution in [0.5, 0.6) is 11.5 Å². The molecule has 1 aliphatic heterocycles. The van der Waals surface area contributed by atoms with Gasteiger partial charge in [-0.3, -0.25) is 4.79 Å². The molecule has 5 rings (SSSR count). The summed E-state index contributed by atoms with van der Waals surface area (Å²) in [7, 11) is 1.66. The third-order valence-electron chi connectivity index (χ3n) is 5.55. The number of para-hydroxylation sites is 1. The molecule has 6 heteroatoms. The van der Waals surface area contributed by atoms with Crippen LogP contribution in [-0.4, -0.2) is 36.2 Å². The number of benzene rings is 2. The predicted molar refractivity (Wildman–Crippen MR) is 113 cm³/mol. The molecule has 0 atom stereocenters. The van der Waals surface area contributed by atoms with Crippen molar-refractivity contribution in [2.75, 3.05) is 20.4 Å². The maximum absolute atomic E-state index is 13.2. The van der Waals surface area contributed by atoms with Crippen molar-refractivity contribution in [2.24, 2.45) is 0 Å². The number of amides is 1. The first kappa shape index (κ1) is 18.2. The number of hydrogen-bond donors (Lipinski definition) is 0. The fourth-order valence-corrected chi connectivity index (χ4v) is 4.10. The number of hydrogen-bond acceptors (Lipinski definition) is 5. The van der Waals surface area contributed by atoms with Gasteiger partial charge >= 0.3 is 0 Å². The number of fused-ring (bicyclic) bond motifs is 3. The molecule has 2 aromatic carbocycles. The van der Waals surface area contributed by atoms with Crippen molar-refractivity contribution < 1.29 is 14.3 Å². The van der Waals surface area contributed by atoms with Gasteiger partial charge in [0.25, 0.3) is 5.91 Å². The van der Waals surface area contributed by atoms with E-state index in [9.17, 15) is 4.79 Å². The van der Waals surface area contributed by atoms with Crippen molar-refractivity contribution in [3.05, 3.63) is 64.8 Å². The van der Waals surface area contributed by atoms with Gasteiger partial charge in [0.15, 0.2) is 11.5 Å². The molecule has 30 heavy (non-hydrogen) atoms. The van der Waals surface area contributed by atoms with Crippen molar-refractivity contribution in [3.63, 3.8) is 0 Å². The summed E-state index contributed by atoms with van der Waals surface area (Å²) in [5, 5.41) is 9.86. The van der Waals surface area contributed by atoms with Crippen molar-refractivity contribution in [1.82, 2.24) is 9.88 Å². The Morgan fingerprint density at radius 2 is 2.03 bits per heavy atom. The third kappa shape index (κ3) is 2.96. The van der Waals surface area contributed by atoms with Gasteiger partial charge in [-0.2, -0.15) is 5.26 Å². The summed E-state index contributed by atoms with van der Waals surface area (Å²) < 4.78 is 10.9. The average Bonchev–Trinajstić information content (AvgIpc) is 3.38. The normalized spacial score (nSPS) is 15.3. The Morgan fingerprint density at radius 1 is 1.20 bits per heavy atom. The Balaban J connectivity index is 1.64. The van der Waals surface area contributed by atoms with Crippen LogP contribution in [0.25, 0.3) is 22.6 Å². The van der Waals surface area contributed by atoms with Crippen LogP contribution in [0.1, 0.15) is 33.6 Å². The van der Waals surface area contributed by atoms with Crippen LogP contribution in [-0.2, 0) is 6.42 Å². The first-order chi connectivity index (χ1) is 14.7. The van der Waals surface area contributed by atoms with Gasteiger partial charge in [0.05, 0.1) is 22.8 Å². The fourth-order valence-electron chi connectivity index (χ4n) is 4.10. The molecule has 0 saturated carbocycles. The van der Waals surface area contributed by atoms with Crippen LogP contribution in [0.3, 0.4) is 0 Å². The number of carbonyl (C=O) groups excluding carboxylic acids is 1. The topological polar surface area (TPSA) is 75.5 Å². The molecule has 0 fully saturated rings. The first-order valence-corrected chi connectivity index (χ1v) is 9.80. The zero-order chi connectivity index (χ0) is 20.7. The number of nitriles is 1. The molecule has 1 aromatic heterocycles. The van der Waals surface area contributed by atoms with E-state index in [0.717, 1.165) is 57.6 Å². The van der Waals surface area contributed by atoms with E-state index >= 15 is 0 Å². The molecule has 0 N–H and O–H groups in total. The van der Waals surface area contributed by atoms with Gasteiger partial charge in [-0.15, -0.1) is 0 Å². The van der Waals surface area contributed by atoms with Crippen LogP contribution in [0.2, 0.25) is 0 Å². The summed E-state index contributed by atoms with van der Waals surface area (Å²) in [6, 6.07) is 15.6. The summed E-state index contributed by atoms with van der Waals surface area (Å²) in [6.07, 6.45) is 3.64. The van der Waals surface area contributed by atoms with E-state index in [1.54, 1.807) is 7.05 Å². The summed E-state index contributed by atoms with van der Waals surface area (Å²) in [5.41, 5.74) is 5.35. The van der Waals surface area contributed by atoms with Gasteiger partial charge < -0.3 is 14.4 Å². The van der Waals surface area contributed by atoms with Crippen molar-refractivity contribution in [3.8, 4) is 17.6 Å².